The summed E-state index contributed by atoms with van der Waals surface area (Å²) in [6.07, 6.45) is 2.92. The van der Waals surface area contributed by atoms with Crippen molar-refractivity contribution in [3.8, 4) is 5.75 Å². The van der Waals surface area contributed by atoms with Gasteiger partial charge < -0.3 is 15.0 Å². The van der Waals surface area contributed by atoms with Crippen LogP contribution in [-0.2, 0) is 13.5 Å². The summed E-state index contributed by atoms with van der Waals surface area (Å²) in [6.45, 7) is 0.633. The monoisotopic (exact) mass is 238 g/mol. The lowest BCUT2D eigenvalue weighted by atomic mass is 10.1. The first-order valence-electron chi connectivity index (χ1n) is 5.19. The molecule has 0 unspecified atom stereocenters. The number of fused-ring (bicyclic) bond motifs is 1. The number of hydrogen-bond acceptors (Lipinski definition) is 2. The van der Waals surface area contributed by atoms with E-state index in [0.717, 1.165) is 23.1 Å². The van der Waals surface area contributed by atoms with Crippen LogP contribution in [0.2, 0.25) is 5.02 Å². The number of methoxy groups -OCH3 is 1. The zero-order chi connectivity index (χ0) is 11.7. The molecule has 0 bridgehead atoms. The van der Waals surface area contributed by atoms with Gasteiger partial charge in [0.25, 0.3) is 0 Å². The molecule has 0 saturated heterocycles. The summed E-state index contributed by atoms with van der Waals surface area (Å²) in [5, 5.41) is 1.83. The number of hydrogen-bond donors (Lipinski definition) is 1. The molecular formula is C12H15ClN2O. The minimum atomic E-state index is 0.633. The van der Waals surface area contributed by atoms with Gasteiger partial charge in [-0.3, -0.25) is 0 Å². The lowest BCUT2D eigenvalue weighted by Gasteiger charge is -2.04. The molecule has 2 N–H and O–H groups in total. The Balaban J connectivity index is 2.71. The molecule has 3 nitrogen and oxygen atoms in total. The molecule has 0 saturated carbocycles. The van der Waals surface area contributed by atoms with Gasteiger partial charge in [0.05, 0.1) is 17.6 Å². The van der Waals surface area contributed by atoms with E-state index in [-0.39, 0.29) is 0 Å². The Morgan fingerprint density at radius 1 is 1.44 bits per heavy atom. The van der Waals surface area contributed by atoms with Gasteiger partial charge in [0.1, 0.15) is 5.75 Å². The van der Waals surface area contributed by atoms with Crippen LogP contribution in [0.25, 0.3) is 10.9 Å². The van der Waals surface area contributed by atoms with E-state index in [1.807, 2.05) is 23.7 Å². The first kappa shape index (κ1) is 11.3. The van der Waals surface area contributed by atoms with Crippen LogP contribution >= 0.6 is 11.6 Å². The van der Waals surface area contributed by atoms with E-state index >= 15 is 0 Å². The second-order valence-corrected chi connectivity index (χ2v) is 4.22. The topological polar surface area (TPSA) is 40.2 Å². The average Bonchev–Trinajstić information content (AvgIpc) is 2.56. The van der Waals surface area contributed by atoms with Gasteiger partial charge in [-0.2, -0.15) is 0 Å². The van der Waals surface area contributed by atoms with Gasteiger partial charge in [0.15, 0.2) is 0 Å². The van der Waals surface area contributed by atoms with E-state index in [2.05, 4.69) is 6.20 Å². The lowest BCUT2D eigenvalue weighted by molar-refractivity contribution is 0.415. The molecule has 86 valence electrons. The molecule has 16 heavy (non-hydrogen) atoms. The summed E-state index contributed by atoms with van der Waals surface area (Å²) in [5.74, 6) is 0.780. The number of aromatic nitrogens is 1. The van der Waals surface area contributed by atoms with E-state index in [1.165, 1.54) is 5.56 Å². The summed E-state index contributed by atoms with van der Waals surface area (Å²) in [7, 11) is 3.63. The Labute approximate surface area is 99.7 Å². The van der Waals surface area contributed by atoms with Crippen LogP contribution in [-0.4, -0.2) is 18.2 Å². The van der Waals surface area contributed by atoms with Gasteiger partial charge in [-0.1, -0.05) is 11.6 Å². The second-order valence-electron chi connectivity index (χ2n) is 3.81. The smallest absolute Gasteiger partial charge is 0.121 e. The highest BCUT2D eigenvalue weighted by Gasteiger charge is 2.11. The highest BCUT2D eigenvalue weighted by Crippen LogP contribution is 2.32. The quantitative estimate of drug-likeness (QED) is 0.892. The molecule has 0 fully saturated rings. The molecule has 1 aromatic heterocycles. The Bertz CT molecular complexity index is 519. The van der Waals surface area contributed by atoms with Crippen molar-refractivity contribution in [1.29, 1.82) is 0 Å². The van der Waals surface area contributed by atoms with Crippen LogP contribution in [0.5, 0.6) is 5.75 Å². The van der Waals surface area contributed by atoms with Gasteiger partial charge in [-0.05, 0) is 24.6 Å². The fourth-order valence-electron chi connectivity index (χ4n) is 2.02. The largest absolute Gasteiger partial charge is 0.497 e. The van der Waals surface area contributed by atoms with Gasteiger partial charge in [0.2, 0.25) is 0 Å². The third-order valence-electron chi connectivity index (χ3n) is 2.73. The molecule has 4 heteroatoms. The minimum absolute atomic E-state index is 0.633. The van der Waals surface area contributed by atoms with Crippen LogP contribution in [0.1, 0.15) is 5.56 Å². The normalized spacial score (nSPS) is 11.0. The molecule has 0 atom stereocenters. The first-order valence-corrected chi connectivity index (χ1v) is 5.56. The van der Waals surface area contributed by atoms with Crippen molar-refractivity contribution >= 4 is 22.5 Å². The SMILES string of the molecule is COc1cc(Cl)c2c(c1)c(CCN)cn2C. The van der Waals surface area contributed by atoms with Crippen LogP contribution in [0.4, 0.5) is 0 Å². The van der Waals surface area contributed by atoms with Gasteiger partial charge in [-0.25, -0.2) is 0 Å². The van der Waals surface area contributed by atoms with Crippen molar-refractivity contribution in [2.24, 2.45) is 12.8 Å². The predicted octanol–water partition coefficient (Wildman–Crippen LogP) is 2.34. The molecule has 1 heterocycles. The highest BCUT2D eigenvalue weighted by molar-refractivity contribution is 6.35. The van der Waals surface area contributed by atoms with Crippen molar-refractivity contribution < 1.29 is 4.74 Å². The number of halogens is 1. The maximum Gasteiger partial charge on any atom is 0.121 e. The van der Waals surface area contributed by atoms with Crippen LogP contribution in [0.15, 0.2) is 18.3 Å². The zero-order valence-corrected chi connectivity index (χ0v) is 10.2. The molecule has 0 radical (unpaired) electrons. The number of aryl methyl sites for hydroxylation is 1. The molecule has 0 aliphatic heterocycles. The third kappa shape index (κ3) is 1.77. The van der Waals surface area contributed by atoms with E-state index in [4.69, 9.17) is 22.1 Å². The van der Waals surface area contributed by atoms with Gasteiger partial charge in [-0.15, -0.1) is 0 Å². The van der Waals surface area contributed by atoms with Crippen LogP contribution in [0.3, 0.4) is 0 Å². The summed E-state index contributed by atoms with van der Waals surface area (Å²) in [6, 6.07) is 3.84. The summed E-state index contributed by atoms with van der Waals surface area (Å²) >= 11 is 6.23. The van der Waals surface area contributed by atoms with Gasteiger partial charge in [0, 0.05) is 24.7 Å². The van der Waals surface area contributed by atoms with Crippen molar-refractivity contribution in [2.45, 2.75) is 6.42 Å². The Morgan fingerprint density at radius 3 is 2.81 bits per heavy atom. The fourth-order valence-corrected chi connectivity index (χ4v) is 2.36. The Morgan fingerprint density at radius 2 is 2.19 bits per heavy atom. The maximum atomic E-state index is 6.23. The molecule has 0 aliphatic rings. The van der Waals surface area contributed by atoms with E-state index in [1.54, 1.807) is 7.11 Å². The molecule has 0 amide bonds. The van der Waals surface area contributed by atoms with Crippen molar-refractivity contribution in [2.75, 3.05) is 13.7 Å². The highest BCUT2D eigenvalue weighted by atomic mass is 35.5. The first-order chi connectivity index (χ1) is 7.67. The molecule has 0 aliphatic carbocycles. The Kier molecular flexibility index (Phi) is 3.08. The third-order valence-corrected chi connectivity index (χ3v) is 3.02. The summed E-state index contributed by atoms with van der Waals surface area (Å²) < 4.78 is 7.25. The van der Waals surface area contributed by atoms with Gasteiger partial charge >= 0.3 is 0 Å². The van der Waals surface area contributed by atoms with Crippen molar-refractivity contribution in [1.82, 2.24) is 4.57 Å². The number of benzene rings is 1. The predicted molar refractivity (Wildman–Crippen MR) is 67.2 cm³/mol. The van der Waals surface area contributed by atoms with Crippen molar-refractivity contribution in [3.63, 3.8) is 0 Å². The summed E-state index contributed by atoms with van der Waals surface area (Å²) in [4.78, 5) is 0. The maximum absolute atomic E-state index is 6.23. The van der Waals surface area contributed by atoms with E-state index in [9.17, 15) is 0 Å². The molecular weight excluding hydrogens is 224 g/mol. The van der Waals surface area contributed by atoms with E-state index < -0.39 is 0 Å². The number of nitrogens with zero attached hydrogens (tertiary/aromatic N) is 1. The summed E-state index contributed by atoms with van der Waals surface area (Å²) in [5.41, 5.74) is 7.84. The Hall–Kier alpha value is -1.19. The van der Waals surface area contributed by atoms with Crippen molar-refractivity contribution in [3.05, 3.63) is 28.9 Å². The van der Waals surface area contributed by atoms with Crippen LogP contribution in [0, 0.1) is 0 Å². The molecule has 0 spiro atoms. The number of ether oxygens (including phenoxy) is 1. The lowest BCUT2D eigenvalue weighted by Crippen LogP contribution is -2.01. The standard InChI is InChI=1S/C12H15ClN2O/c1-15-7-8(3-4-14)10-5-9(16-2)6-11(13)12(10)15/h5-7H,3-4,14H2,1-2H3. The zero-order valence-electron chi connectivity index (χ0n) is 9.46. The molecule has 1 aromatic carbocycles. The minimum Gasteiger partial charge on any atom is -0.497 e. The fraction of sp³-hybridized carbons (Fsp3) is 0.333. The number of nitrogens with two attached hydrogens (primary N) is 1. The second kappa shape index (κ2) is 4.36. The average molecular weight is 239 g/mol. The van der Waals surface area contributed by atoms with Crippen LogP contribution < -0.4 is 10.5 Å². The van der Waals surface area contributed by atoms with E-state index in [0.29, 0.717) is 11.6 Å². The molecule has 2 aromatic rings. The molecule has 2 rings (SSSR count). The number of rotatable bonds is 3.